The summed E-state index contributed by atoms with van der Waals surface area (Å²) in [5.74, 6) is 1.60. The van der Waals surface area contributed by atoms with Gasteiger partial charge in [0.15, 0.2) is 5.11 Å². The largest absolute Gasteiger partial charge is 0.457 e. The lowest BCUT2D eigenvalue weighted by molar-refractivity contribution is 0.482. The second-order valence-electron chi connectivity index (χ2n) is 8.34. The van der Waals surface area contributed by atoms with Gasteiger partial charge in [-0.25, -0.2) is 0 Å². The minimum absolute atomic E-state index is 0.0364. The van der Waals surface area contributed by atoms with E-state index < -0.39 is 0 Å². The number of aromatic nitrogens is 2. The third-order valence-electron chi connectivity index (χ3n) is 5.86. The van der Waals surface area contributed by atoms with E-state index in [1.807, 2.05) is 60.8 Å². The fourth-order valence-corrected chi connectivity index (χ4v) is 4.71. The fraction of sp³-hybridized carbons (Fsp3) is 0.185. The molecule has 1 fully saturated rings. The summed E-state index contributed by atoms with van der Waals surface area (Å²) in [6.45, 7) is 4.39. The van der Waals surface area contributed by atoms with Gasteiger partial charge in [0, 0.05) is 29.8 Å². The summed E-state index contributed by atoms with van der Waals surface area (Å²) in [4.78, 5) is 6.83. The van der Waals surface area contributed by atoms with Crippen LogP contribution < -0.4 is 15.0 Å². The Bertz CT molecular complexity index is 1220. The molecule has 0 radical (unpaired) electrons. The number of para-hydroxylation sites is 1. The molecule has 166 valence electrons. The number of hydrogen-bond acceptors (Lipinski definition) is 3. The van der Waals surface area contributed by atoms with Gasteiger partial charge >= 0.3 is 0 Å². The summed E-state index contributed by atoms with van der Waals surface area (Å²) in [6, 6.07) is 28.4. The average molecular weight is 455 g/mol. The molecule has 0 aliphatic carbocycles. The Balaban J connectivity index is 1.52. The maximum Gasteiger partial charge on any atom is 0.174 e. The van der Waals surface area contributed by atoms with Gasteiger partial charge in [-0.05, 0) is 86.7 Å². The van der Waals surface area contributed by atoms with Crippen molar-refractivity contribution in [3.8, 4) is 11.5 Å². The molecule has 1 saturated heterocycles. The summed E-state index contributed by atoms with van der Waals surface area (Å²) in [5, 5.41) is 4.21. The molecule has 6 heteroatoms. The van der Waals surface area contributed by atoms with Crippen LogP contribution in [0.2, 0.25) is 0 Å². The third-order valence-corrected chi connectivity index (χ3v) is 6.18. The normalized spacial score (nSPS) is 17.9. The zero-order valence-electron chi connectivity index (χ0n) is 18.6. The minimum Gasteiger partial charge on any atom is -0.457 e. The summed E-state index contributed by atoms with van der Waals surface area (Å²) in [7, 11) is 0. The molecule has 2 aromatic carbocycles. The first-order chi connectivity index (χ1) is 16.1. The van der Waals surface area contributed by atoms with Crippen LogP contribution >= 0.6 is 12.2 Å². The highest BCUT2D eigenvalue weighted by molar-refractivity contribution is 7.80. The van der Waals surface area contributed by atoms with Crippen LogP contribution in [0.4, 0.5) is 5.69 Å². The quantitative estimate of drug-likeness (QED) is 0.340. The van der Waals surface area contributed by atoms with E-state index in [1.54, 1.807) is 0 Å². The number of benzene rings is 2. The van der Waals surface area contributed by atoms with Gasteiger partial charge in [0.05, 0.1) is 11.7 Å². The zero-order valence-corrected chi connectivity index (χ0v) is 19.4. The van der Waals surface area contributed by atoms with E-state index in [2.05, 4.69) is 70.1 Å². The van der Waals surface area contributed by atoms with E-state index in [1.165, 1.54) is 5.69 Å². The molecule has 0 saturated carbocycles. The van der Waals surface area contributed by atoms with E-state index in [4.69, 9.17) is 17.0 Å². The Kier molecular flexibility index (Phi) is 5.84. The van der Waals surface area contributed by atoms with Crippen LogP contribution in [0, 0.1) is 0 Å². The summed E-state index contributed by atoms with van der Waals surface area (Å²) in [5.41, 5.74) is 3.17. The van der Waals surface area contributed by atoms with Crippen molar-refractivity contribution in [1.82, 2.24) is 14.9 Å². The number of pyridine rings is 1. The Morgan fingerprint density at radius 2 is 1.61 bits per heavy atom. The topological polar surface area (TPSA) is 42.3 Å². The number of anilines is 1. The first-order valence-corrected chi connectivity index (χ1v) is 11.5. The molecule has 5 nitrogen and oxygen atoms in total. The molecular weight excluding hydrogens is 428 g/mol. The molecule has 1 aliphatic heterocycles. The summed E-state index contributed by atoms with van der Waals surface area (Å²) >= 11 is 5.84. The molecular formula is C27H26N4OS. The van der Waals surface area contributed by atoms with Crippen molar-refractivity contribution < 1.29 is 4.74 Å². The van der Waals surface area contributed by atoms with Gasteiger partial charge in [0.1, 0.15) is 17.5 Å². The van der Waals surface area contributed by atoms with Gasteiger partial charge in [-0.2, -0.15) is 0 Å². The van der Waals surface area contributed by atoms with Crippen LogP contribution in [0.3, 0.4) is 0 Å². The number of hydrogen-bond donors (Lipinski definition) is 1. The molecule has 2 aromatic heterocycles. The Labute approximate surface area is 199 Å². The van der Waals surface area contributed by atoms with Crippen molar-refractivity contribution in [2.75, 3.05) is 4.90 Å². The molecule has 2 atom stereocenters. The molecule has 0 spiro atoms. The minimum atomic E-state index is -0.0636. The highest BCUT2D eigenvalue weighted by atomic mass is 32.1. The number of nitrogens with zero attached hydrogens (tertiary/aromatic N) is 3. The van der Waals surface area contributed by atoms with Gasteiger partial charge in [-0.1, -0.05) is 24.3 Å². The van der Waals surface area contributed by atoms with Gasteiger partial charge in [-0.3, -0.25) is 4.98 Å². The van der Waals surface area contributed by atoms with E-state index in [-0.39, 0.29) is 12.1 Å². The number of thiocarbonyl (C=S) groups is 1. The van der Waals surface area contributed by atoms with Crippen molar-refractivity contribution in [3.63, 3.8) is 0 Å². The number of nitrogens with one attached hydrogen (secondary N) is 1. The van der Waals surface area contributed by atoms with Gasteiger partial charge in [0.2, 0.25) is 0 Å². The standard InChI is InChI=1S/C27H26N4OS/c1-19(2)30-18-8-12-24(30)26-25(23-11-6-7-17-28-23)29-27(33)31(26)20-13-15-22(16-14-20)32-21-9-4-3-5-10-21/h3-19,25-26H,1-2H3,(H,29,33)/t25-,26-/m0/s1. The molecule has 33 heavy (non-hydrogen) atoms. The van der Waals surface area contributed by atoms with Gasteiger partial charge < -0.3 is 19.5 Å². The monoisotopic (exact) mass is 454 g/mol. The SMILES string of the molecule is CC(C)n1cccc1[C@H]1[C@H](c2ccccn2)NC(=S)N1c1ccc(Oc2ccccc2)cc1. The van der Waals surface area contributed by atoms with Crippen LogP contribution in [0.15, 0.2) is 97.3 Å². The molecule has 1 N–H and O–H groups in total. The van der Waals surface area contributed by atoms with Crippen molar-refractivity contribution in [2.24, 2.45) is 0 Å². The van der Waals surface area contributed by atoms with Crippen molar-refractivity contribution >= 4 is 23.0 Å². The average Bonchev–Trinajstić information content (AvgIpc) is 3.45. The second-order valence-corrected chi connectivity index (χ2v) is 8.73. The lowest BCUT2D eigenvalue weighted by Crippen LogP contribution is -2.30. The predicted octanol–water partition coefficient (Wildman–Crippen LogP) is 6.43. The molecule has 5 rings (SSSR count). The van der Waals surface area contributed by atoms with E-state index >= 15 is 0 Å². The third kappa shape index (κ3) is 4.22. The van der Waals surface area contributed by atoms with Crippen LogP contribution in [0.25, 0.3) is 0 Å². The number of ether oxygens (including phenoxy) is 1. The van der Waals surface area contributed by atoms with Crippen molar-refractivity contribution in [1.29, 1.82) is 0 Å². The van der Waals surface area contributed by atoms with Crippen molar-refractivity contribution in [2.45, 2.75) is 32.0 Å². The van der Waals surface area contributed by atoms with Crippen LogP contribution in [-0.2, 0) is 0 Å². The highest BCUT2D eigenvalue weighted by Gasteiger charge is 2.42. The van der Waals surface area contributed by atoms with Crippen LogP contribution in [0.5, 0.6) is 11.5 Å². The first kappa shape index (κ1) is 21.2. The van der Waals surface area contributed by atoms with Gasteiger partial charge in [0.25, 0.3) is 0 Å². The first-order valence-electron chi connectivity index (χ1n) is 11.1. The van der Waals surface area contributed by atoms with Crippen LogP contribution in [-0.4, -0.2) is 14.7 Å². The summed E-state index contributed by atoms with van der Waals surface area (Å²) in [6.07, 6.45) is 3.96. The van der Waals surface area contributed by atoms with Crippen molar-refractivity contribution in [3.05, 3.63) is 109 Å². The van der Waals surface area contributed by atoms with Gasteiger partial charge in [-0.15, -0.1) is 0 Å². The molecule has 0 unspecified atom stereocenters. The molecule has 1 aliphatic rings. The Hall–Kier alpha value is -3.64. The highest BCUT2D eigenvalue weighted by Crippen LogP contribution is 2.42. The summed E-state index contributed by atoms with van der Waals surface area (Å²) < 4.78 is 8.28. The Morgan fingerprint density at radius 3 is 2.30 bits per heavy atom. The predicted molar refractivity (Wildman–Crippen MR) is 136 cm³/mol. The van der Waals surface area contributed by atoms with E-state index in [9.17, 15) is 0 Å². The maximum absolute atomic E-state index is 5.98. The smallest absolute Gasteiger partial charge is 0.174 e. The maximum atomic E-state index is 5.98. The fourth-order valence-electron chi connectivity index (χ4n) is 4.36. The molecule has 3 heterocycles. The molecule has 0 bridgehead atoms. The van der Waals surface area contributed by atoms with E-state index in [0.717, 1.165) is 22.9 Å². The number of rotatable bonds is 6. The second kappa shape index (κ2) is 9.08. The Morgan fingerprint density at radius 1 is 0.879 bits per heavy atom. The molecule has 4 aromatic rings. The lowest BCUT2D eigenvalue weighted by Gasteiger charge is -2.30. The van der Waals surface area contributed by atoms with Crippen LogP contribution in [0.1, 0.15) is 43.4 Å². The lowest BCUT2D eigenvalue weighted by atomic mass is 10.0. The van der Waals surface area contributed by atoms with E-state index in [0.29, 0.717) is 11.2 Å². The molecule has 0 amide bonds. The zero-order chi connectivity index (χ0) is 22.8.